The van der Waals surface area contributed by atoms with Crippen molar-refractivity contribution >= 4 is 35.1 Å². The number of halogens is 2. The van der Waals surface area contributed by atoms with Crippen LogP contribution in [0.3, 0.4) is 0 Å². The van der Waals surface area contributed by atoms with Crippen LogP contribution < -0.4 is 0 Å². The first-order valence-corrected chi connectivity index (χ1v) is 4.62. The smallest absolute Gasteiger partial charge is 0.330 e. The van der Waals surface area contributed by atoms with E-state index in [1.54, 1.807) is 0 Å². The summed E-state index contributed by atoms with van der Waals surface area (Å²) in [5.41, 5.74) is 0.176. The largest absolute Gasteiger partial charge is 0.481 e. The highest BCUT2D eigenvalue weighted by molar-refractivity contribution is 6.55. The molecular formula is C10H14Cl2O4. The molecule has 0 spiro atoms. The number of carbonyl (C=O) groups is 2. The molecule has 0 fully saturated rings. The molecule has 0 radical (unpaired) electrons. The normalized spacial score (nSPS) is 7.19. The summed E-state index contributed by atoms with van der Waals surface area (Å²) in [4.78, 5) is 19.1. The summed E-state index contributed by atoms with van der Waals surface area (Å²) in [5.74, 6) is -1.76. The number of rotatable bonds is 3. The van der Waals surface area contributed by atoms with E-state index in [9.17, 15) is 9.59 Å². The van der Waals surface area contributed by atoms with Crippen molar-refractivity contribution in [3.63, 3.8) is 0 Å². The average Bonchev–Trinajstić information content (AvgIpc) is 2.03. The number of hydrogen-bond donors (Lipinski definition) is 2. The van der Waals surface area contributed by atoms with E-state index >= 15 is 0 Å². The first-order valence-electron chi connectivity index (χ1n) is 3.86. The van der Waals surface area contributed by atoms with Crippen LogP contribution in [0.5, 0.6) is 0 Å². The molecule has 0 aromatic heterocycles. The number of hydrogen-bond acceptors (Lipinski definition) is 2. The minimum atomic E-state index is -0.935. The van der Waals surface area contributed by atoms with Crippen LogP contribution in [0.2, 0.25) is 0 Å². The van der Waals surface area contributed by atoms with Crippen molar-refractivity contribution in [1.82, 2.24) is 0 Å². The molecule has 0 aromatic rings. The van der Waals surface area contributed by atoms with Crippen molar-refractivity contribution in [2.75, 3.05) is 0 Å². The molecule has 92 valence electrons. The molecule has 0 aliphatic carbocycles. The number of aliphatic carboxylic acids is 2. The lowest BCUT2D eigenvalue weighted by Gasteiger charge is -1.79. The lowest BCUT2D eigenvalue weighted by Crippen LogP contribution is -1.92. The van der Waals surface area contributed by atoms with E-state index in [0.717, 1.165) is 0 Å². The third-order valence-corrected chi connectivity index (χ3v) is 0.684. The third-order valence-electron chi connectivity index (χ3n) is 0.684. The Hall–Kier alpha value is -1.26. The molecule has 0 aliphatic rings. The molecule has 2 N–H and O–H groups in total. The van der Waals surface area contributed by atoms with Gasteiger partial charge in [0.25, 0.3) is 0 Å². The van der Waals surface area contributed by atoms with Gasteiger partial charge in [0.05, 0.1) is 10.9 Å². The zero-order chi connectivity index (χ0) is 13.7. The Morgan fingerprint density at radius 2 is 1.50 bits per heavy atom. The monoisotopic (exact) mass is 268 g/mol. The first-order chi connectivity index (χ1) is 7.14. The highest BCUT2D eigenvalue weighted by atomic mass is 35.5. The Kier molecular flexibility index (Phi) is 17.3. The highest BCUT2D eigenvalue weighted by Gasteiger charge is 1.90. The molecule has 0 unspecified atom stereocenters. The highest BCUT2D eigenvalue weighted by Crippen LogP contribution is 1.98. The summed E-state index contributed by atoms with van der Waals surface area (Å²) in [6.07, 6.45) is 1.41. The minimum absolute atomic E-state index is 0.0556. The molecule has 6 heteroatoms. The molecule has 0 rings (SSSR count). The Morgan fingerprint density at radius 1 is 1.25 bits per heavy atom. The van der Waals surface area contributed by atoms with Gasteiger partial charge in [-0.05, 0) is 6.92 Å². The standard InChI is InChI=1S/2C4H6O2.C2H2Cl2/c1-3(2)4(5)6;1-2-3-4(5)6;1-2(3)4/h1H2,2H3,(H,5,6);2H,1,3H2,(H,5,6);1H2. The van der Waals surface area contributed by atoms with Gasteiger partial charge in [0.2, 0.25) is 0 Å². The van der Waals surface area contributed by atoms with Crippen molar-refractivity contribution in [1.29, 1.82) is 0 Å². The first kappa shape index (κ1) is 20.2. The van der Waals surface area contributed by atoms with Gasteiger partial charge < -0.3 is 10.2 Å². The van der Waals surface area contributed by atoms with E-state index in [-0.39, 0.29) is 16.5 Å². The summed E-state index contributed by atoms with van der Waals surface area (Å²) in [6.45, 7) is 10.9. The van der Waals surface area contributed by atoms with Gasteiger partial charge in [0, 0.05) is 5.57 Å². The fraction of sp³-hybridized carbons (Fsp3) is 0.200. The number of carboxylic acid groups (broad SMARTS) is 2. The van der Waals surface area contributed by atoms with Crippen LogP contribution in [0.1, 0.15) is 13.3 Å². The molecule has 4 nitrogen and oxygen atoms in total. The summed E-state index contributed by atoms with van der Waals surface area (Å²) < 4.78 is 0.111. The Bertz CT molecular complexity index is 256. The summed E-state index contributed by atoms with van der Waals surface area (Å²) in [7, 11) is 0. The van der Waals surface area contributed by atoms with Crippen molar-refractivity contribution in [3.05, 3.63) is 35.9 Å². The van der Waals surface area contributed by atoms with Crippen LogP contribution in [0.15, 0.2) is 35.9 Å². The topological polar surface area (TPSA) is 74.6 Å². The van der Waals surface area contributed by atoms with E-state index in [1.165, 1.54) is 13.0 Å². The zero-order valence-electron chi connectivity index (χ0n) is 8.87. The Balaban J connectivity index is -0.000000162. The molecule has 0 saturated carbocycles. The van der Waals surface area contributed by atoms with Crippen molar-refractivity contribution < 1.29 is 19.8 Å². The van der Waals surface area contributed by atoms with Gasteiger partial charge in [-0.15, -0.1) is 6.58 Å². The lowest BCUT2D eigenvalue weighted by molar-refractivity contribution is -0.136. The Labute approximate surface area is 104 Å². The van der Waals surface area contributed by atoms with E-state index < -0.39 is 11.9 Å². The fourth-order valence-electron chi connectivity index (χ4n) is 0.123. The molecule has 0 atom stereocenters. The third kappa shape index (κ3) is 53.3. The SMILES string of the molecule is C=C(C)C(=O)O.C=C(Cl)Cl.C=CCC(=O)O. The second kappa shape index (κ2) is 13.7. The Morgan fingerprint density at radius 3 is 1.50 bits per heavy atom. The van der Waals surface area contributed by atoms with Crippen LogP contribution >= 0.6 is 23.2 Å². The second-order valence-corrected chi connectivity index (χ2v) is 3.42. The van der Waals surface area contributed by atoms with Crippen molar-refractivity contribution in [3.8, 4) is 0 Å². The van der Waals surface area contributed by atoms with Crippen LogP contribution in [-0.4, -0.2) is 22.2 Å². The van der Waals surface area contributed by atoms with E-state index in [1.807, 2.05) is 0 Å². The van der Waals surface area contributed by atoms with Gasteiger partial charge in [-0.3, -0.25) is 4.79 Å². The second-order valence-electron chi connectivity index (χ2n) is 2.31. The summed E-state index contributed by atoms with van der Waals surface area (Å²) in [5, 5.41) is 15.7. The minimum Gasteiger partial charge on any atom is -0.481 e. The molecule has 0 bridgehead atoms. The van der Waals surface area contributed by atoms with Crippen LogP contribution in [-0.2, 0) is 9.59 Å². The predicted octanol–water partition coefficient (Wildman–Crippen LogP) is 3.23. The molecular weight excluding hydrogens is 255 g/mol. The lowest BCUT2D eigenvalue weighted by atomic mass is 10.4. The predicted molar refractivity (Wildman–Crippen MR) is 65.7 cm³/mol. The van der Waals surface area contributed by atoms with Gasteiger partial charge in [-0.25, -0.2) is 4.79 Å². The molecule has 16 heavy (non-hydrogen) atoms. The van der Waals surface area contributed by atoms with Gasteiger partial charge in [-0.2, -0.15) is 0 Å². The van der Waals surface area contributed by atoms with Gasteiger partial charge in [0.1, 0.15) is 0 Å². The van der Waals surface area contributed by atoms with Crippen LogP contribution in [0.25, 0.3) is 0 Å². The van der Waals surface area contributed by atoms with Crippen molar-refractivity contribution in [2.24, 2.45) is 0 Å². The van der Waals surface area contributed by atoms with Crippen LogP contribution in [0.4, 0.5) is 0 Å². The average molecular weight is 269 g/mol. The van der Waals surface area contributed by atoms with Crippen molar-refractivity contribution in [2.45, 2.75) is 13.3 Å². The maximum atomic E-state index is 9.60. The number of carboxylic acids is 2. The van der Waals surface area contributed by atoms with Gasteiger partial charge in [0.15, 0.2) is 0 Å². The maximum Gasteiger partial charge on any atom is 0.330 e. The molecule has 0 aromatic carbocycles. The zero-order valence-corrected chi connectivity index (χ0v) is 10.4. The molecule has 0 saturated heterocycles. The van der Waals surface area contributed by atoms with Gasteiger partial charge in [-0.1, -0.05) is 42.4 Å². The van der Waals surface area contributed by atoms with E-state index in [4.69, 9.17) is 33.4 Å². The molecule has 0 amide bonds. The molecule has 0 aliphatic heterocycles. The maximum absolute atomic E-state index is 9.60. The fourth-order valence-corrected chi connectivity index (χ4v) is 0.123. The summed E-state index contributed by atoms with van der Waals surface area (Å²) in [6, 6.07) is 0. The quantitative estimate of drug-likeness (QED) is 0.609. The van der Waals surface area contributed by atoms with Gasteiger partial charge >= 0.3 is 11.9 Å². The van der Waals surface area contributed by atoms with E-state index in [0.29, 0.717) is 0 Å². The summed E-state index contributed by atoms with van der Waals surface area (Å²) >= 11 is 9.69. The van der Waals surface area contributed by atoms with E-state index in [2.05, 4.69) is 19.7 Å². The molecule has 0 heterocycles. The van der Waals surface area contributed by atoms with Crippen LogP contribution in [0, 0.1) is 0 Å².